The lowest BCUT2D eigenvalue weighted by atomic mass is 9.77. The summed E-state index contributed by atoms with van der Waals surface area (Å²) in [6.45, 7) is 8.41. The molecule has 4 rings (SSSR count). The van der Waals surface area contributed by atoms with Crippen LogP contribution in [0.1, 0.15) is 57.2 Å². The van der Waals surface area contributed by atoms with Gasteiger partial charge in [-0.25, -0.2) is 4.79 Å². The molecule has 1 saturated carbocycles. The van der Waals surface area contributed by atoms with Crippen molar-refractivity contribution in [3.63, 3.8) is 0 Å². The molecule has 7 heteroatoms. The second kappa shape index (κ2) is 9.29. The van der Waals surface area contributed by atoms with Gasteiger partial charge in [0.05, 0.1) is 22.7 Å². The minimum Gasteiger partial charge on any atom is -0.445 e. The van der Waals surface area contributed by atoms with Crippen molar-refractivity contribution in [2.75, 3.05) is 6.54 Å². The highest BCUT2D eigenvalue weighted by Gasteiger charge is 2.52. The van der Waals surface area contributed by atoms with Crippen LogP contribution in [0.2, 0.25) is 0 Å². The van der Waals surface area contributed by atoms with Gasteiger partial charge in [-0.3, -0.25) is 0 Å². The number of hydrogen-bond acceptors (Lipinski definition) is 5. The van der Waals surface area contributed by atoms with Crippen molar-refractivity contribution >= 4 is 19.3 Å². The molecular formula is C27H31BN2O4. The van der Waals surface area contributed by atoms with E-state index in [2.05, 4.69) is 11.4 Å². The molecule has 0 spiro atoms. The van der Waals surface area contributed by atoms with Gasteiger partial charge in [-0.05, 0) is 62.7 Å². The number of benzene rings is 2. The molecule has 1 aliphatic heterocycles. The minimum absolute atomic E-state index is 0.199. The fraction of sp³-hybridized carbons (Fsp3) is 0.407. The molecule has 0 bridgehead atoms. The van der Waals surface area contributed by atoms with Crippen LogP contribution in [0.4, 0.5) is 4.79 Å². The molecule has 0 unspecified atom stereocenters. The third-order valence-corrected chi connectivity index (χ3v) is 6.98. The van der Waals surface area contributed by atoms with Gasteiger partial charge >= 0.3 is 13.2 Å². The normalized spacial score (nSPS) is 19.9. The summed E-state index contributed by atoms with van der Waals surface area (Å²) in [5, 5.41) is 12.3. The van der Waals surface area contributed by atoms with Crippen molar-refractivity contribution in [2.45, 2.75) is 63.8 Å². The van der Waals surface area contributed by atoms with Gasteiger partial charge in [0.2, 0.25) is 0 Å². The number of nitrogens with one attached hydrogen (secondary N) is 1. The topological polar surface area (TPSA) is 80.6 Å². The molecule has 1 heterocycles. The highest BCUT2D eigenvalue weighted by Crippen LogP contribution is 2.47. The fourth-order valence-electron chi connectivity index (χ4n) is 3.85. The van der Waals surface area contributed by atoms with Crippen LogP contribution in [0.15, 0.2) is 60.1 Å². The monoisotopic (exact) mass is 458 g/mol. The van der Waals surface area contributed by atoms with E-state index in [-0.39, 0.29) is 18.6 Å². The molecule has 2 fully saturated rings. The maximum absolute atomic E-state index is 12.4. The molecule has 2 aliphatic rings. The van der Waals surface area contributed by atoms with Crippen molar-refractivity contribution in [3.8, 4) is 6.07 Å². The van der Waals surface area contributed by atoms with E-state index in [0.717, 1.165) is 35.0 Å². The summed E-state index contributed by atoms with van der Waals surface area (Å²) in [5.41, 5.74) is 2.38. The Hall–Kier alpha value is -3.08. The first-order chi connectivity index (χ1) is 16.1. The number of amides is 1. The highest BCUT2D eigenvalue weighted by molar-refractivity contribution is 6.56. The van der Waals surface area contributed by atoms with Crippen LogP contribution < -0.4 is 5.32 Å². The van der Waals surface area contributed by atoms with Crippen LogP contribution in [0.3, 0.4) is 0 Å². The fourth-order valence-corrected chi connectivity index (χ4v) is 3.85. The Morgan fingerprint density at radius 3 is 2.24 bits per heavy atom. The van der Waals surface area contributed by atoms with Crippen molar-refractivity contribution < 1.29 is 18.8 Å². The predicted octanol–water partition coefficient (Wildman–Crippen LogP) is 5.18. The Morgan fingerprint density at radius 1 is 1.06 bits per heavy atom. The van der Waals surface area contributed by atoms with E-state index in [4.69, 9.17) is 14.0 Å². The SMILES string of the molecule is CC1(C)OB(C(=Cc2ccc(C3(C#N)CC3)cc2)CNC(=O)OCc2ccccc2)OC1(C)C. The lowest BCUT2D eigenvalue weighted by molar-refractivity contribution is 0.00578. The van der Waals surface area contributed by atoms with Crippen LogP contribution in [-0.4, -0.2) is 31.0 Å². The van der Waals surface area contributed by atoms with Crippen molar-refractivity contribution in [1.29, 1.82) is 5.26 Å². The number of hydrogen-bond donors (Lipinski definition) is 1. The van der Waals surface area contributed by atoms with Crippen LogP contribution in [0, 0.1) is 11.3 Å². The van der Waals surface area contributed by atoms with Gasteiger partial charge in [-0.1, -0.05) is 60.7 Å². The Labute approximate surface area is 202 Å². The molecule has 6 nitrogen and oxygen atoms in total. The quantitative estimate of drug-likeness (QED) is 0.578. The van der Waals surface area contributed by atoms with Crippen molar-refractivity contribution in [2.24, 2.45) is 0 Å². The van der Waals surface area contributed by atoms with Gasteiger partial charge in [-0.15, -0.1) is 0 Å². The Bertz CT molecular complexity index is 1080. The van der Waals surface area contributed by atoms with E-state index in [1.807, 2.05) is 88.4 Å². The molecule has 0 radical (unpaired) electrons. The van der Waals surface area contributed by atoms with Crippen molar-refractivity contribution in [3.05, 3.63) is 76.8 Å². The number of carbonyl (C=O) groups excluding carboxylic acids is 1. The standard InChI is InChI=1S/C27H31BN2O4/c1-25(2)26(3,4)34-28(33-25)23(17-30-24(31)32-18-21-8-6-5-7-9-21)16-20-10-12-22(13-11-20)27(19-29)14-15-27/h5-13,16H,14-15,17-18H2,1-4H3,(H,30,31). The molecule has 0 atom stereocenters. The molecule has 1 saturated heterocycles. The van der Waals surface area contributed by atoms with Gasteiger partial charge < -0.3 is 19.4 Å². The van der Waals surface area contributed by atoms with Crippen LogP contribution >= 0.6 is 0 Å². The second-order valence-corrected chi connectivity index (χ2v) is 10.0. The van der Waals surface area contributed by atoms with Crippen molar-refractivity contribution in [1.82, 2.24) is 5.32 Å². The van der Waals surface area contributed by atoms with Crippen LogP contribution in [0.25, 0.3) is 6.08 Å². The smallest absolute Gasteiger partial charge is 0.445 e. The van der Waals surface area contributed by atoms with E-state index < -0.39 is 24.4 Å². The Morgan fingerprint density at radius 2 is 1.68 bits per heavy atom. The lowest BCUT2D eigenvalue weighted by Gasteiger charge is -2.32. The Kier molecular flexibility index (Phi) is 6.57. The first-order valence-corrected chi connectivity index (χ1v) is 11.7. The zero-order valence-corrected chi connectivity index (χ0v) is 20.3. The first kappa shape index (κ1) is 24.1. The molecule has 2 aromatic rings. The maximum atomic E-state index is 12.4. The first-order valence-electron chi connectivity index (χ1n) is 11.7. The summed E-state index contributed by atoms with van der Waals surface area (Å²) in [6, 6.07) is 20.0. The van der Waals surface area contributed by atoms with E-state index in [1.54, 1.807) is 0 Å². The van der Waals surface area contributed by atoms with Gasteiger partial charge in [-0.2, -0.15) is 5.26 Å². The largest absolute Gasteiger partial charge is 0.492 e. The van der Waals surface area contributed by atoms with Crippen LogP contribution in [-0.2, 0) is 26.1 Å². The molecule has 34 heavy (non-hydrogen) atoms. The zero-order valence-electron chi connectivity index (χ0n) is 20.3. The number of ether oxygens (including phenoxy) is 1. The molecule has 2 aromatic carbocycles. The summed E-state index contributed by atoms with van der Waals surface area (Å²) in [4.78, 5) is 12.4. The molecule has 176 valence electrons. The van der Waals surface area contributed by atoms with E-state index in [9.17, 15) is 10.1 Å². The van der Waals surface area contributed by atoms with Crippen LogP contribution in [0.5, 0.6) is 0 Å². The summed E-state index contributed by atoms with van der Waals surface area (Å²) in [6.07, 6.45) is 3.28. The zero-order chi connectivity index (χ0) is 24.4. The molecule has 1 amide bonds. The third kappa shape index (κ3) is 5.19. The Balaban J connectivity index is 1.48. The summed E-state index contributed by atoms with van der Waals surface area (Å²) < 4.78 is 17.8. The van der Waals surface area contributed by atoms with E-state index in [1.165, 1.54) is 0 Å². The average Bonchev–Trinajstić information content (AvgIpc) is 3.58. The number of nitriles is 1. The number of carbonyl (C=O) groups is 1. The van der Waals surface area contributed by atoms with Gasteiger partial charge in [0.1, 0.15) is 6.61 Å². The molecule has 0 aromatic heterocycles. The predicted molar refractivity (Wildman–Crippen MR) is 132 cm³/mol. The summed E-state index contributed by atoms with van der Waals surface area (Å²) in [7, 11) is -0.604. The van der Waals surface area contributed by atoms with E-state index in [0.29, 0.717) is 0 Å². The van der Waals surface area contributed by atoms with Gasteiger partial charge in [0, 0.05) is 6.54 Å². The maximum Gasteiger partial charge on any atom is 0.492 e. The van der Waals surface area contributed by atoms with Gasteiger partial charge in [0.25, 0.3) is 0 Å². The highest BCUT2D eigenvalue weighted by atomic mass is 16.7. The lowest BCUT2D eigenvalue weighted by Crippen LogP contribution is -2.41. The molecule has 1 aliphatic carbocycles. The second-order valence-electron chi connectivity index (χ2n) is 10.0. The molecular weight excluding hydrogens is 427 g/mol. The minimum atomic E-state index is -0.604. The number of rotatable bonds is 7. The number of nitrogens with zero attached hydrogens (tertiary/aromatic N) is 1. The third-order valence-electron chi connectivity index (χ3n) is 6.98. The summed E-state index contributed by atoms with van der Waals surface area (Å²) >= 11 is 0. The van der Waals surface area contributed by atoms with Gasteiger partial charge in [0.15, 0.2) is 0 Å². The number of alkyl carbamates (subject to hydrolysis) is 1. The van der Waals surface area contributed by atoms with E-state index >= 15 is 0 Å². The average molecular weight is 458 g/mol. The molecule has 1 N–H and O–H groups in total. The summed E-state index contributed by atoms with van der Waals surface area (Å²) in [5.74, 6) is 0.